The maximum atomic E-state index is 5.61. The summed E-state index contributed by atoms with van der Waals surface area (Å²) in [5, 5.41) is 3.03. The van der Waals surface area contributed by atoms with Gasteiger partial charge in [0, 0.05) is 6.54 Å². The van der Waals surface area contributed by atoms with Gasteiger partial charge in [-0.05, 0) is 30.2 Å². The molecule has 0 amide bonds. The zero-order chi connectivity index (χ0) is 13.4. The molecule has 0 radical (unpaired) electrons. The molecule has 1 rings (SSSR count). The van der Waals surface area contributed by atoms with Gasteiger partial charge in [-0.2, -0.15) is 0 Å². The maximum Gasteiger partial charge on any atom is 0.119 e. The van der Waals surface area contributed by atoms with Gasteiger partial charge < -0.3 is 14.8 Å². The summed E-state index contributed by atoms with van der Waals surface area (Å²) in [6.45, 7) is 9.44. The van der Waals surface area contributed by atoms with E-state index in [0.717, 1.165) is 18.9 Å². The molecule has 3 nitrogen and oxygen atoms in total. The van der Waals surface area contributed by atoms with E-state index < -0.39 is 0 Å². The molecule has 1 N–H and O–H groups in total. The van der Waals surface area contributed by atoms with Gasteiger partial charge in [0.1, 0.15) is 12.4 Å². The van der Waals surface area contributed by atoms with E-state index in [-0.39, 0.29) is 5.41 Å². The Balaban J connectivity index is 2.27. The van der Waals surface area contributed by atoms with Crippen LogP contribution < -0.4 is 10.1 Å². The van der Waals surface area contributed by atoms with E-state index in [1.54, 1.807) is 0 Å². The fraction of sp³-hybridized carbons (Fsp3) is 0.600. The molecule has 0 heterocycles. The maximum absolute atomic E-state index is 5.61. The lowest BCUT2D eigenvalue weighted by molar-refractivity contribution is 0.103. The Morgan fingerprint density at radius 2 is 1.67 bits per heavy atom. The van der Waals surface area contributed by atoms with Crippen LogP contribution in [0.1, 0.15) is 26.3 Å². The Morgan fingerprint density at radius 1 is 1.00 bits per heavy atom. The van der Waals surface area contributed by atoms with Gasteiger partial charge in [-0.1, -0.05) is 32.9 Å². The smallest absolute Gasteiger partial charge is 0.119 e. The summed E-state index contributed by atoms with van der Waals surface area (Å²) in [4.78, 5) is 0. The van der Waals surface area contributed by atoms with Crippen molar-refractivity contribution in [3.8, 4) is 5.75 Å². The monoisotopic (exact) mass is 251 g/mol. The molecule has 0 bridgehead atoms. The molecule has 0 aliphatic rings. The first kappa shape index (κ1) is 15.0. The van der Waals surface area contributed by atoms with Crippen LogP contribution in [0.25, 0.3) is 0 Å². The van der Waals surface area contributed by atoms with E-state index in [2.05, 4.69) is 38.2 Å². The van der Waals surface area contributed by atoms with Crippen molar-refractivity contribution in [3.05, 3.63) is 29.8 Å². The summed E-state index contributed by atoms with van der Waals surface area (Å²) < 4.78 is 11.0. The molecule has 0 fully saturated rings. The van der Waals surface area contributed by atoms with E-state index in [9.17, 15) is 0 Å². The molecular formula is C15H25NO2. The third kappa shape index (κ3) is 5.52. The highest BCUT2D eigenvalue weighted by atomic mass is 16.5. The van der Waals surface area contributed by atoms with Crippen LogP contribution in [-0.2, 0) is 10.2 Å². The van der Waals surface area contributed by atoms with Gasteiger partial charge in [-0.15, -0.1) is 0 Å². The number of hydrogen-bond acceptors (Lipinski definition) is 3. The standard InChI is InChI=1S/C15H25NO2/c1-15(2,3)13-5-7-14(8-6-13)18-12-11-17-10-9-16-4/h5-8,16H,9-12H2,1-4H3. The average molecular weight is 251 g/mol. The van der Waals surface area contributed by atoms with Crippen molar-refractivity contribution in [2.24, 2.45) is 0 Å². The van der Waals surface area contributed by atoms with Crippen LogP contribution in [0.2, 0.25) is 0 Å². The molecule has 1 aromatic carbocycles. The molecule has 18 heavy (non-hydrogen) atoms. The Kier molecular flexibility index (Phi) is 6.16. The molecule has 0 unspecified atom stereocenters. The van der Waals surface area contributed by atoms with Gasteiger partial charge in [0.15, 0.2) is 0 Å². The molecule has 0 spiro atoms. The first-order valence-electron chi connectivity index (χ1n) is 6.50. The van der Waals surface area contributed by atoms with Crippen LogP contribution in [0.15, 0.2) is 24.3 Å². The Labute approximate surface area is 110 Å². The minimum absolute atomic E-state index is 0.189. The van der Waals surface area contributed by atoms with Crippen molar-refractivity contribution in [3.63, 3.8) is 0 Å². The summed E-state index contributed by atoms with van der Waals surface area (Å²) >= 11 is 0. The van der Waals surface area contributed by atoms with Gasteiger partial charge >= 0.3 is 0 Å². The topological polar surface area (TPSA) is 30.5 Å². The molecule has 0 aliphatic heterocycles. The highest BCUT2D eigenvalue weighted by molar-refractivity contribution is 5.31. The zero-order valence-corrected chi connectivity index (χ0v) is 12.0. The summed E-state index contributed by atoms with van der Waals surface area (Å²) in [5.74, 6) is 0.903. The van der Waals surface area contributed by atoms with Crippen molar-refractivity contribution >= 4 is 0 Å². The van der Waals surface area contributed by atoms with Crippen molar-refractivity contribution < 1.29 is 9.47 Å². The predicted molar refractivity (Wildman–Crippen MR) is 75.4 cm³/mol. The van der Waals surface area contributed by atoms with Crippen molar-refractivity contribution in [1.29, 1.82) is 0 Å². The summed E-state index contributed by atoms with van der Waals surface area (Å²) in [7, 11) is 1.91. The van der Waals surface area contributed by atoms with Gasteiger partial charge in [0.05, 0.1) is 13.2 Å². The molecule has 1 aromatic rings. The Hall–Kier alpha value is -1.06. The largest absolute Gasteiger partial charge is 0.491 e. The van der Waals surface area contributed by atoms with Crippen LogP contribution in [-0.4, -0.2) is 33.4 Å². The highest BCUT2D eigenvalue weighted by Gasteiger charge is 2.12. The quantitative estimate of drug-likeness (QED) is 0.756. The number of likely N-dealkylation sites (N-methyl/N-ethyl adjacent to an activating group) is 1. The van der Waals surface area contributed by atoms with E-state index in [1.807, 2.05) is 19.2 Å². The van der Waals surface area contributed by atoms with E-state index in [1.165, 1.54) is 5.56 Å². The average Bonchev–Trinajstić information content (AvgIpc) is 2.33. The fourth-order valence-electron chi connectivity index (χ4n) is 1.55. The third-order valence-electron chi connectivity index (χ3n) is 2.71. The first-order valence-corrected chi connectivity index (χ1v) is 6.50. The third-order valence-corrected chi connectivity index (χ3v) is 2.71. The number of benzene rings is 1. The van der Waals surface area contributed by atoms with Crippen molar-refractivity contribution in [2.45, 2.75) is 26.2 Å². The second-order valence-electron chi connectivity index (χ2n) is 5.34. The molecule has 3 heteroatoms. The number of nitrogens with one attached hydrogen (secondary N) is 1. The molecule has 0 saturated heterocycles. The number of rotatable bonds is 7. The zero-order valence-electron chi connectivity index (χ0n) is 12.0. The second kappa shape index (κ2) is 7.39. The first-order chi connectivity index (χ1) is 8.54. The predicted octanol–water partition coefficient (Wildman–Crippen LogP) is 2.60. The normalized spacial score (nSPS) is 11.6. The fourth-order valence-corrected chi connectivity index (χ4v) is 1.55. The van der Waals surface area contributed by atoms with E-state index >= 15 is 0 Å². The van der Waals surface area contributed by atoms with Crippen LogP contribution >= 0.6 is 0 Å². The lowest BCUT2D eigenvalue weighted by atomic mass is 9.87. The number of hydrogen-bond donors (Lipinski definition) is 1. The van der Waals surface area contributed by atoms with Gasteiger partial charge in [-0.25, -0.2) is 0 Å². The summed E-state index contributed by atoms with van der Waals surface area (Å²) in [6, 6.07) is 8.29. The number of ether oxygens (including phenoxy) is 2. The molecule has 0 aliphatic carbocycles. The minimum Gasteiger partial charge on any atom is -0.491 e. The SMILES string of the molecule is CNCCOCCOc1ccc(C(C)(C)C)cc1. The van der Waals surface area contributed by atoms with Crippen molar-refractivity contribution in [2.75, 3.05) is 33.4 Å². The lowest BCUT2D eigenvalue weighted by Crippen LogP contribution is -2.16. The summed E-state index contributed by atoms with van der Waals surface area (Å²) in [6.07, 6.45) is 0. The molecule has 0 saturated carbocycles. The molecule has 0 atom stereocenters. The summed E-state index contributed by atoms with van der Waals surface area (Å²) in [5.41, 5.74) is 1.51. The van der Waals surface area contributed by atoms with Crippen LogP contribution in [0.4, 0.5) is 0 Å². The van der Waals surface area contributed by atoms with Gasteiger partial charge in [0.2, 0.25) is 0 Å². The van der Waals surface area contributed by atoms with E-state index in [4.69, 9.17) is 9.47 Å². The van der Waals surface area contributed by atoms with Crippen LogP contribution in [0, 0.1) is 0 Å². The lowest BCUT2D eigenvalue weighted by Gasteiger charge is -2.19. The van der Waals surface area contributed by atoms with Crippen LogP contribution in [0.5, 0.6) is 5.75 Å². The van der Waals surface area contributed by atoms with Gasteiger partial charge in [0.25, 0.3) is 0 Å². The molecule has 102 valence electrons. The minimum atomic E-state index is 0.189. The van der Waals surface area contributed by atoms with Gasteiger partial charge in [-0.3, -0.25) is 0 Å². The van der Waals surface area contributed by atoms with Crippen molar-refractivity contribution in [1.82, 2.24) is 5.32 Å². The Morgan fingerprint density at radius 3 is 2.22 bits per heavy atom. The van der Waals surface area contributed by atoms with E-state index in [0.29, 0.717) is 13.2 Å². The van der Waals surface area contributed by atoms with Crippen LogP contribution in [0.3, 0.4) is 0 Å². The highest BCUT2D eigenvalue weighted by Crippen LogP contribution is 2.24. The molecule has 0 aromatic heterocycles. The second-order valence-corrected chi connectivity index (χ2v) is 5.34. The Bertz CT molecular complexity index is 327. The molecular weight excluding hydrogens is 226 g/mol.